The Hall–Kier alpha value is -2.96. The molecule has 2 aromatic heterocycles. The summed E-state index contributed by atoms with van der Waals surface area (Å²) in [6, 6.07) is 7.24. The number of urea groups is 1. The van der Waals surface area contributed by atoms with Gasteiger partial charge in [0.05, 0.1) is 19.4 Å². The molecule has 0 aromatic carbocycles. The molecule has 26 heavy (non-hydrogen) atoms. The van der Waals surface area contributed by atoms with Gasteiger partial charge in [-0.05, 0) is 31.2 Å². The molecule has 7 nitrogen and oxygen atoms in total. The zero-order chi connectivity index (χ0) is 18.9. The summed E-state index contributed by atoms with van der Waals surface area (Å²) in [6.45, 7) is 7.05. The molecule has 140 valence electrons. The molecule has 0 aliphatic heterocycles. The van der Waals surface area contributed by atoms with E-state index in [-0.39, 0.29) is 18.5 Å². The van der Waals surface area contributed by atoms with Crippen LogP contribution in [0.15, 0.2) is 53.8 Å². The second kappa shape index (κ2) is 9.50. The fraction of sp³-hybridized carbons (Fsp3) is 0.368. The molecule has 3 amide bonds. The normalized spacial score (nSPS) is 10.4. The molecule has 0 aliphatic rings. The SMILES string of the molecule is C=CCN(CC(=O)N(Cc1ccco1)Cc1cccn1C)C(=O)NCC. The van der Waals surface area contributed by atoms with Crippen LogP contribution in [0.1, 0.15) is 18.4 Å². The first-order valence-electron chi connectivity index (χ1n) is 8.59. The number of amides is 3. The van der Waals surface area contributed by atoms with Gasteiger partial charge in [-0.2, -0.15) is 0 Å². The third kappa shape index (κ3) is 5.27. The number of nitrogens with zero attached hydrogens (tertiary/aromatic N) is 3. The van der Waals surface area contributed by atoms with Gasteiger partial charge in [0.25, 0.3) is 0 Å². The van der Waals surface area contributed by atoms with Crippen LogP contribution in [0.25, 0.3) is 0 Å². The van der Waals surface area contributed by atoms with Crippen LogP contribution < -0.4 is 5.32 Å². The topological polar surface area (TPSA) is 70.7 Å². The van der Waals surface area contributed by atoms with Gasteiger partial charge in [0.2, 0.25) is 5.91 Å². The Kier molecular flexibility index (Phi) is 7.08. The Labute approximate surface area is 153 Å². The second-order valence-corrected chi connectivity index (χ2v) is 5.94. The molecule has 0 saturated heterocycles. The first kappa shape index (κ1) is 19.4. The molecule has 0 saturated carbocycles. The molecule has 2 rings (SSSR count). The summed E-state index contributed by atoms with van der Waals surface area (Å²) < 4.78 is 7.36. The van der Waals surface area contributed by atoms with Crippen LogP contribution in [-0.2, 0) is 24.9 Å². The Morgan fingerprint density at radius 3 is 2.65 bits per heavy atom. The maximum atomic E-state index is 12.9. The van der Waals surface area contributed by atoms with Crippen molar-refractivity contribution in [2.75, 3.05) is 19.6 Å². The summed E-state index contributed by atoms with van der Waals surface area (Å²) in [7, 11) is 1.93. The number of hydrogen-bond acceptors (Lipinski definition) is 3. The Balaban J connectivity index is 2.13. The predicted molar refractivity (Wildman–Crippen MR) is 99.2 cm³/mol. The van der Waals surface area contributed by atoms with E-state index in [9.17, 15) is 9.59 Å². The van der Waals surface area contributed by atoms with Crippen molar-refractivity contribution in [1.82, 2.24) is 19.7 Å². The maximum Gasteiger partial charge on any atom is 0.318 e. The highest BCUT2D eigenvalue weighted by Gasteiger charge is 2.22. The lowest BCUT2D eigenvalue weighted by Gasteiger charge is -2.27. The van der Waals surface area contributed by atoms with Crippen molar-refractivity contribution in [1.29, 1.82) is 0 Å². The molecule has 0 fully saturated rings. The Morgan fingerprint density at radius 1 is 1.27 bits per heavy atom. The molecule has 0 radical (unpaired) electrons. The summed E-state index contributed by atoms with van der Waals surface area (Å²) in [6.07, 6.45) is 5.12. The van der Waals surface area contributed by atoms with E-state index in [1.165, 1.54) is 4.90 Å². The first-order valence-corrected chi connectivity index (χ1v) is 8.59. The number of rotatable bonds is 9. The van der Waals surface area contributed by atoms with Gasteiger partial charge in [-0.3, -0.25) is 4.79 Å². The lowest BCUT2D eigenvalue weighted by molar-refractivity contribution is -0.133. The minimum Gasteiger partial charge on any atom is -0.467 e. The zero-order valence-electron chi connectivity index (χ0n) is 15.4. The number of nitrogens with one attached hydrogen (secondary N) is 1. The highest BCUT2D eigenvalue weighted by Crippen LogP contribution is 2.12. The molecule has 2 aromatic rings. The van der Waals surface area contributed by atoms with Gasteiger partial charge >= 0.3 is 6.03 Å². The van der Waals surface area contributed by atoms with E-state index in [1.807, 2.05) is 42.9 Å². The average Bonchev–Trinajstić information content (AvgIpc) is 3.26. The van der Waals surface area contributed by atoms with E-state index in [0.717, 1.165) is 5.69 Å². The van der Waals surface area contributed by atoms with Crippen LogP contribution in [-0.4, -0.2) is 45.9 Å². The predicted octanol–water partition coefficient (Wildman–Crippen LogP) is 2.36. The van der Waals surface area contributed by atoms with Gasteiger partial charge in [0.1, 0.15) is 12.3 Å². The minimum atomic E-state index is -0.280. The highest BCUT2D eigenvalue weighted by molar-refractivity contribution is 5.84. The van der Waals surface area contributed by atoms with E-state index >= 15 is 0 Å². The quantitative estimate of drug-likeness (QED) is 0.700. The van der Waals surface area contributed by atoms with Crippen molar-refractivity contribution in [3.8, 4) is 0 Å². The van der Waals surface area contributed by atoms with Crippen molar-refractivity contribution in [3.63, 3.8) is 0 Å². The van der Waals surface area contributed by atoms with Gasteiger partial charge in [0, 0.05) is 32.0 Å². The molecule has 0 aliphatic carbocycles. The smallest absolute Gasteiger partial charge is 0.318 e. The van der Waals surface area contributed by atoms with E-state index in [4.69, 9.17) is 4.42 Å². The number of aryl methyl sites for hydroxylation is 1. The molecule has 7 heteroatoms. The molecule has 0 unspecified atom stereocenters. The maximum absolute atomic E-state index is 12.9. The van der Waals surface area contributed by atoms with Gasteiger partial charge in [-0.25, -0.2) is 4.79 Å². The fourth-order valence-corrected chi connectivity index (χ4v) is 2.58. The monoisotopic (exact) mass is 358 g/mol. The van der Waals surface area contributed by atoms with Gasteiger partial charge in [-0.15, -0.1) is 6.58 Å². The van der Waals surface area contributed by atoms with Crippen LogP contribution in [0.5, 0.6) is 0 Å². The fourth-order valence-electron chi connectivity index (χ4n) is 2.58. The van der Waals surface area contributed by atoms with E-state index in [0.29, 0.717) is 31.9 Å². The van der Waals surface area contributed by atoms with Crippen LogP contribution in [0.4, 0.5) is 4.79 Å². The molecular weight excluding hydrogens is 332 g/mol. The third-order valence-electron chi connectivity index (χ3n) is 3.97. The molecular formula is C19H26N4O3. The summed E-state index contributed by atoms with van der Waals surface area (Å²) >= 11 is 0. The van der Waals surface area contributed by atoms with E-state index in [1.54, 1.807) is 23.3 Å². The van der Waals surface area contributed by atoms with E-state index < -0.39 is 0 Å². The zero-order valence-corrected chi connectivity index (χ0v) is 15.4. The van der Waals surface area contributed by atoms with Crippen LogP contribution in [0, 0.1) is 0 Å². The lowest BCUT2D eigenvalue weighted by atomic mass is 10.3. The lowest BCUT2D eigenvalue weighted by Crippen LogP contribution is -2.46. The minimum absolute atomic E-state index is 0.0248. The van der Waals surface area contributed by atoms with Crippen LogP contribution in [0.2, 0.25) is 0 Å². The summed E-state index contributed by atoms with van der Waals surface area (Å²) in [4.78, 5) is 28.2. The van der Waals surface area contributed by atoms with Gasteiger partial charge in [-0.1, -0.05) is 6.08 Å². The molecule has 2 heterocycles. The van der Waals surface area contributed by atoms with Crippen molar-refractivity contribution in [2.24, 2.45) is 7.05 Å². The Morgan fingerprint density at radius 2 is 2.08 bits per heavy atom. The molecule has 0 bridgehead atoms. The number of carbonyl (C=O) groups is 2. The summed E-state index contributed by atoms with van der Waals surface area (Å²) in [5.41, 5.74) is 0.998. The Bertz CT molecular complexity index is 721. The summed E-state index contributed by atoms with van der Waals surface area (Å²) in [5, 5.41) is 2.72. The first-order chi connectivity index (χ1) is 12.5. The van der Waals surface area contributed by atoms with Gasteiger partial charge in [0.15, 0.2) is 0 Å². The van der Waals surface area contributed by atoms with Crippen LogP contribution >= 0.6 is 0 Å². The number of aromatic nitrogens is 1. The van der Waals surface area contributed by atoms with Crippen molar-refractivity contribution in [3.05, 3.63) is 60.8 Å². The number of hydrogen-bond donors (Lipinski definition) is 1. The largest absolute Gasteiger partial charge is 0.467 e. The number of furan rings is 1. The van der Waals surface area contributed by atoms with Crippen LogP contribution in [0.3, 0.4) is 0 Å². The summed E-state index contributed by atoms with van der Waals surface area (Å²) in [5.74, 6) is 0.538. The van der Waals surface area contributed by atoms with Crippen molar-refractivity contribution < 1.29 is 14.0 Å². The number of carbonyl (C=O) groups excluding carboxylic acids is 2. The third-order valence-corrected chi connectivity index (χ3v) is 3.97. The van der Waals surface area contributed by atoms with Crippen molar-refractivity contribution in [2.45, 2.75) is 20.0 Å². The molecule has 1 N–H and O–H groups in total. The molecule has 0 spiro atoms. The average molecular weight is 358 g/mol. The molecule has 0 atom stereocenters. The van der Waals surface area contributed by atoms with E-state index in [2.05, 4.69) is 11.9 Å². The standard InChI is InChI=1S/C19H26N4O3/c1-4-10-22(19(25)20-5-2)15-18(24)23(14-17-9-7-12-26-17)13-16-8-6-11-21(16)3/h4,6-9,11-12H,1,5,10,13-15H2,2-3H3,(H,20,25). The highest BCUT2D eigenvalue weighted by atomic mass is 16.3. The second-order valence-electron chi connectivity index (χ2n) is 5.94. The van der Waals surface area contributed by atoms with Crippen molar-refractivity contribution >= 4 is 11.9 Å². The van der Waals surface area contributed by atoms with Gasteiger partial charge < -0.3 is 24.1 Å².